The monoisotopic (exact) mass is 294 g/mol. The fourth-order valence-electron chi connectivity index (χ4n) is 1.98. The van der Waals surface area contributed by atoms with Gasteiger partial charge in [0.25, 0.3) is 0 Å². The number of imidazole rings is 1. The summed E-state index contributed by atoms with van der Waals surface area (Å²) in [5.41, 5.74) is 1.40. The number of aromatic nitrogens is 2. The summed E-state index contributed by atoms with van der Waals surface area (Å²) in [5, 5.41) is 0. The van der Waals surface area contributed by atoms with Gasteiger partial charge in [-0.1, -0.05) is 0 Å². The minimum atomic E-state index is 0.135. The average molecular weight is 295 g/mol. The molecule has 2 aromatic rings. The Balaban J connectivity index is 1.97. The van der Waals surface area contributed by atoms with Crippen molar-refractivity contribution in [3.8, 4) is 0 Å². The molecule has 88 valence electrons. The van der Waals surface area contributed by atoms with Crippen molar-refractivity contribution in [1.29, 1.82) is 0 Å². The first-order valence-corrected chi connectivity index (χ1v) is 6.26. The fourth-order valence-corrected chi connectivity index (χ4v) is 2.43. The first-order chi connectivity index (χ1) is 8.24. The molecule has 0 amide bonds. The quantitative estimate of drug-likeness (QED) is 0.816. The van der Waals surface area contributed by atoms with E-state index >= 15 is 0 Å². The smallest absolute Gasteiger partial charge is 0.167 e. The van der Waals surface area contributed by atoms with Gasteiger partial charge in [0.15, 0.2) is 5.78 Å². The number of halogens is 1. The number of rotatable bonds is 3. The number of ketones is 1. The van der Waals surface area contributed by atoms with Gasteiger partial charge in [0.05, 0.1) is 18.8 Å². The molecule has 3 rings (SSSR count). The molecule has 3 heterocycles. The van der Waals surface area contributed by atoms with Crippen LogP contribution in [0, 0.1) is 5.92 Å². The van der Waals surface area contributed by atoms with Crippen LogP contribution in [0.1, 0.15) is 16.8 Å². The van der Waals surface area contributed by atoms with Crippen LogP contribution < -0.4 is 0 Å². The van der Waals surface area contributed by atoms with E-state index in [2.05, 4.69) is 20.9 Å². The van der Waals surface area contributed by atoms with Crippen LogP contribution >= 0.6 is 15.9 Å². The molecule has 0 aliphatic carbocycles. The largest absolute Gasteiger partial charge is 0.381 e. The number of carbonyl (C=O) groups excluding carboxylic acids is 1. The Hall–Kier alpha value is -1.20. The van der Waals surface area contributed by atoms with Gasteiger partial charge in [-0.3, -0.25) is 4.79 Å². The summed E-state index contributed by atoms with van der Waals surface area (Å²) in [5.74, 6) is 0.507. The number of pyridine rings is 1. The molecule has 5 heteroatoms. The lowest BCUT2D eigenvalue weighted by atomic mass is 9.97. The van der Waals surface area contributed by atoms with Crippen molar-refractivity contribution in [3.05, 3.63) is 34.7 Å². The zero-order valence-electron chi connectivity index (χ0n) is 9.10. The SMILES string of the molecule is O=C(CC1COC1)c1cc(Br)cn2ccnc12. The Morgan fingerprint density at radius 1 is 1.59 bits per heavy atom. The van der Waals surface area contributed by atoms with Crippen LogP contribution in [0.2, 0.25) is 0 Å². The van der Waals surface area contributed by atoms with E-state index in [-0.39, 0.29) is 5.78 Å². The van der Waals surface area contributed by atoms with Gasteiger partial charge in [-0.25, -0.2) is 4.98 Å². The van der Waals surface area contributed by atoms with Crippen LogP contribution in [0.5, 0.6) is 0 Å². The van der Waals surface area contributed by atoms with Gasteiger partial charge >= 0.3 is 0 Å². The second-order valence-corrected chi connectivity index (χ2v) is 5.18. The van der Waals surface area contributed by atoms with Crippen molar-refractivity contribution in [2.75, 3.05) is 13.2 Å². The number of Topliss-reactive ketones (excluding diaryl/α,β-unsaturated/α-hetero) is 1. The molecule has 0 saturated carbocycles. The normalized spacial score (nSPS) is 16.1. The van der Waals surface area contributed by atoms with Crippen molar-refractivity contribution in [2.45, 2.75) is 6.42 Å². The maximum atomic E-state index is 12.2. The lowest BCUT2D eigenvalue weighted by Crippen LogP contribution is -2.29. The maximum Gasteiger partial charge on any atom is 0.167 e. The minimum Gasteiger partial charge on any atom is -0.381 e. The molecule has 0 radical (unpaired) electrons. The van der Waals surface area contributed by atoms with Crippen LogP contribution in [0.25, 0.3) is 5.65 Å². The number of hydrogen-bond acceptors (Lipinski definition) is 3. The third-order valence-electron chi connectivity index (χ3n) is 2.94. The summed E-state index contributed by atoms with van der Waals surface area (Å²) in [7, 11) is 0. The highest BCUT2D eigenvalue weighted by atomic mass is 79.9. The highest BCUT2D eigenvalue weighted by Crippen LogP contribution is 2.22. The molecule has 0 unspecified atom stereocenters. The van der Waals surface area contributed by atoms with Crippen LogP contribution in [0.15, 0.2) is 29.1 Å². The van der Waals surface area contributed by atoms with E-state index in [4.69, 9.17) is 4.74 Å². The van der Waals surface area contributed by atoms with Gasteiger partial charge in [0, 0.05) is 35.4 Å². The summed E-state index contributed by atoms with van der Waals surface area (Å²) >= 11 is 3.41. The number of hydrogen-bond donors (Lipinski definition) is 0. The van der Waals surface area contributed by atoms with E-state index in [1.54, 1.807) is 6.20 Å². The third-order valence-corrected chi connectivity index (χ3v) is 3.37. The summed E-state index contributed by atoms with van der Waals surface area (Å²) in [6.07, 6.45) is 5.97. The van der Waals surface area contributed by atoms with E-state index in [9.17, 15) is 4.79 Å². The lowest BCUT2D eigenvalue weighted by molar-refractivity contribution is -0.0321. The average Bonchev–Trinajstić information content (AvgIpc) is 2.69. The van der Waals surface area contributed by atoms with Crippen molar-refractivity contribution in [3.63, 3.8) is 0 Å². The van der Waals surface area contributed by atoms with E-state index < -0.39 is 0 Å². The van der Waals surface area contributed by atoms with Crippen molar-refractivity contribution >= 4 is 27.4 Å². The van der Waals surface area contributed by atoms with Gasteiger partial charge in [0.1, 0.15) is 5.65 Å². The van der Waals surface area contributed by atoms with Gasteiger partial charge in [-0.05, 0) is 22.0 Å². The van der Waals surface area contributed by atoms with E-state index in [1.165, 1.54) is 0 Å². The standard InChI is InChI=1S/C12H11BrN2O2/c13-9-4-10(11(16)3-8-6-17-7-8)12-14-1-2-15(12)5-9/h1-2,4-5,8H,3,6-7H2. The number of carbonyl (C=O) groups is 1. The zero-order valence-corrected chi connectivity index (χ0v) is 10.7. The Morgan fingerprint density at radius 3 is 3.12 bits per heavy atom. The Labute approximate surface area is 107 Å². The van der Waals surface area contributed by atoms with Crippen LogP contribution in [-0.2, 0) is 4.74 Å². The Kier molecular flexibility index (Phi) is 2.72. The van der Waals surface area contributed by atoms with E-state index in [1.807, 2.05) is 22.9 Å². The molecule has 4 nitrogen and oxygen atoms in total. The minimum absolute atomic E-state index is 0.135. The predicted molar refractivity (Wildman–Crippen MR) is 66.1 cm³/mol. The van der Waals surface area contributed by atoms with Gasteiger partial charge in [-0.15, -0.1) is 0 Å². The van der Waals surface area contributed by atoms with Crippen LogP contribution in [0.3, 0.4) is 0 Å². The first kappa shape index (κ1) is 10.9. The lowest BCUT2D eigenvalue weighted by Gasteiger charge is -2.25. The van der Waals surface area contributed by atoms with Crippen molar-refractivity contribution < 1.29 is 9.53 Å². The van der Waals surface area contributed by atoms with Gasteiger partial charge in [-0.2, -0.15) is 0 Å². The van der Waals surface area contributed by atoms with Gasteiger partial charge in [0.2, 0.25) is 0 Å². The molecule has 0 atom stereocenters. The maximum absolute atomic E-state index is 12.2. The molecule has 17 heavy (non-hydrogen) atoms. The summed E-state index contributed by atoms with van der Waals surface area (Å²) in [6.45, 7) is 1.40. The summed E-state index contributed by atoms with van der Waals surface area (Å²) < 4.78 is 7.83. The highest BCUT2D eigenvalue weighted by Gasteiger charge is 2.23. The molecule has 1 saturated heterocycles. The molecular weight excluding hydrogens is 284 g/mol. The zero-order chi connectivity index (χ0) is 11.8. The van der Waals surface area contributed by atoms with Crippen molar-refractivity contribution in [1.82, 2.24) is 9.38 Å². The Morgan fingerprint density at radius 2 is 2.41 bits per heavy atom. The summed E-state index contributed by atoms with van der Waals surface area (Å²) in [4.78, 5) is 16.4. The van der Waals surface area contributed by atoms with Gasteiger partial charge < -0.3 is 9.14 Å². The highest BCUT2D eigenvalue weighted by molar-refractivity contribution is 9.10. The van der Waals surface area contributed by atoms with E-state index in [0.29, 0.717) is 31.1 Å². The molecule has 0 aromatic carbocycles. The molecule has 0 bridgehead atoms. The van der Waals surface area contributed by atoms with Crippen LogP contribution in [-0.4, -0.2) is 28.4 Å². The van der Waals surface area contributed by atoms with E-state index in [0.717, 1.165) is 10.1 Å². The topological polar surface area (TPSA) is 43.6 Å². The number of nitrogens with zero attached hydrogens (tertiary/aromatic N) is 2. The number of ether oxygens (including phenoxy) is 1. The fraction of sp³-hybridized carbons (Fsp3) is 0.333. The molecule has 2 aromatic heterocycles. The molecule has 1 aliphatic rings. The molecule has 0 N–H and O–H groups in total. The van der Waals surface area contributed by atoms with Crippen molar-refractivity contribution in [2.24, 2.45) is 5.92 Å². The van der Waals surface area contributed by atoms with Crippen LogP contribution in [0.4, 0.5) is 0 Å². The second-order valence-electron chi connectivity index (χ2n) is 4.26. The molecule has 1 aliphatic heterocycles. The number of fused-ring (bicyclic) bond motifs is 1. The Bertz CT molecular complexity index is 575. The second kappa shape index (κ2) is 4.23. The first-order valence-electron chi connectivity index (χ1n) is 5.47. The molecule has 0 spiro atoms. The summed E-state index contributed by atoms with van der Waals surface area (Å²) in [6, 6.07) is 1.84. The molecule has 1 fully saturated rings. The third kappa shape index (κ3) is 2.00. The predicted octanol–water partition coefficient (Wildman–Crippen LogP) is 2.32. The molecular formula is C12H11BrN2O2.